The first-order chi connectivity index (χ1) is 7.61. The average molecular weight is 228 g/mol. The highest BCUT2D eigenvalue weighted by atomic mass is 32.1. The van der Waals surface area contributed by atoms with Crippen LogP contribution in [0.5, 0.6) is 0 Å². The molecule has 0 atom stereocenters. The molecule has 82 valence electrons. The summed E-state index contributed by atoms with van der Waals surface area (Å²) in [5.41, 5.74) is 6.40. The number of rotatable bonds is 1. The van der Waals surface area contributed by atoms with Crippen molar-refractivity contribution in [2.24, 2.45) is 0 Å². The van der Waals surface area contributed by atoms with Crippen LogP contribution < -0.4 is 0 Å². The topological polar surface area (TPSA) is 0 Å². The summed E-state index contributed by atoms with van der Waals surface area (Å²) in [5.74, 6) is 0. The van der Waals surface area contributed by atoms with Crippen molar-refractivity contribution in [2.75, 3.05) is 0 Å². The van der Waals surface area contributed by atoms with Gasteiger partial charge in [0, 0.05) is 4.90 Å². The first kappa shape index (κ1) is 11.3. The standard InChI is InChI=1S/C15H16S/c1-10-6-4-8-13(12(10)3)14-9-5-7-11(2)15(14)16/h4-9,16H,1-3H3. The molecule has 0 radical (unpaired) electrons. The van der Waals surface area contributed by atoms with E-state index < -0.39 is 0 Å². The van der Waals surface area contributed by atoms with Crippen molar-refractivity contribution in [3.63, 3.8) is 0 Å². The van der Waals surface area contributed by atoms with Crippen LogP contribution in [-0.2, 0) is 0 Å². The Balaban J connectivity index is 2.68. The van der Waals surface area contributed by atoms with Gasteiger partial charge in [-0.1, -0.05) is 36.4 Å². The number of hydrogen-bond donors (Lipinski definition) is 1. The molecule has 16 heavy (non-hydrogen) atoms. The SMILES string of the molecule is Cc1cccc(-c2cccc(C)c2S)c1C. The van der Waals surface area contributed by atoms with E-state index in [0.717, 1.165) is 4.90 Å². The zero-order valence-electron chi connectivity index (χ0n) is 9.91. The summed E-state index contributed by atoms with van der Waals surface area (Å²) in [6.45, 7) is 6.41. The van der Waals surface area contributed by atoms with Crippen molar-refractivity contribution in [1.82, 2.24) is 0 Å². The van der Waals surface area contributed by atoms with E-state index >= 15 is 0 Å². The number of thiol groups is 1. The molecule has 0 spiro atoms. The van der Waals surface area contributed by atoms with E-state index in [1.807, 2.05) is 0 Å². The van der Waals surface area contributed by atoms with Gasteiger partial charge in [-0.05, 0) is 48.6 Å². The van der Waals surface area contributed by atoms with E-state index in [9.17, 15) is 0 Å². The quantitative estimate of drug-likeness (QED) is 0.679. The van der Waals surface area contributed by atoms with E-state index in [2.05, 4.69) is 69.8 Å². The first-order valence-electron chi connectivity index (χ1n) is 5.46. The summed E-state index contributed by atoms with van der Waals surface area (Å²) in [4.78, 5) is 1.08. The third-order valence-corrected chi connectivity index (χ3v) is 3.73. The molecule has 0 heterocycles. The van der Waals surface area contributed by atoms with Crippen molar-refractivity contribution in [2.45, 2.75) is 25.7 Å². The van der Waals surface area contributed by atoms with Crippen LogP contribution in [0.4, 0.5) is 0 Å². The van der Waals surface area contributed by atoms with Gasteiger partial charge in [-0.3, -0.25) is 0 Å². The smallest absolute Gasteiger partial charge is 0.0148 e. The molecule has 0 bridgehead atoms. The molecule has 0 nitrogen and oxygen atoms in total. The molecule has 0 aliphatic rings. The lowest BCUT2D eigenvalue weighted by molar-refractivity contribution is 1.28. The molecule has 0 unspecified atom stereocenters. The van der Waals surface area contributed by atoms with Gasteiger partial charge in [-0.15, -0.1) is 12.6 Å². The lowest BCUT2D eigenvalue weighted by Gasteiger charge is -2.12. The zero-order chi connectivity index (χ0) is 11.7. The van der Waals surface area contributed by atoms with Gasteiger partial charge in [0.1, 0.15) is 0 Å². The van der Waals surface area contributed by atoms with Crippen LogP contribution in [-0.4, -0.2) is 0 Å². The van der Waals surface area contributed by atoms with E-state index in [-0.39, 0.29) is 0 Å². The molecule has 2 aromatic rings. The monoisotopic (exact) mass is 228 g/mol. The molecule has 0 aliphatic carbocycles. The van der Waals surface area contributed by atoms with Gasteiger partial charge in [-0.2, -0.15) is 0 Å². The number of aryl methyl sites for hydroxylation is 2. The molecule has 0 fully saturated rings. The Bertz CT molecular complexity index is 477. The van der Waals surface area contributed by atoms with Gasteiger partial charge in [-0.25, -0.2) is 0 Å². The Morgan fingerprint density at radius 1 is 0.750 bits per heavy atom. The maximum atomic E-state index is 4.60. The molecule has 0 saturated carbocycles. The summed E-state index contributed by atoms with van der Waals surface area (Å²) in [5, 5.41) is 0. The fraction of sp³-hybridized carbons (Fsp3) is 0.200. The van der Waals surface area contributed by atoms with Crippen molar-refractivity contribution in [3.8, 4) is 11.1 Å². The zero-order valence-corrected chi connectivity index (χ0v) is 10.8. The summed E-state index contributed by atoms with van der Waals surface area (Å²) in [7, 11) is 0. The highest BCUT2D eigenvalue weighted by molar-refractivity contribution is 7.80. The number of hydrogen-bond acceptors (Lipinski definition) is 1. The minimum Gasteiger partial charge on any atom is -0.143 e. The van der Waals surface area contributed by atoms with Gasteiger partial charge in [0.25, 0.3) is 0 Å². The Morgan fingerprint density at radius 3 is 2.00 bits per heavy atom. The fourth-order valence-electron chi connectivity index (χ4n) is 1.92. The summed E-state index contributed by atoms with van der Waals surface area (Å²) in [6.07, 6.45) is 0. The lowest BCUT2D eigenvalue weighted by atomic mass is 9.96. The van der Waals surface area contributed by atoms with E-state index in [1.165, 1.54) is 27.8 Å². The maximum absolute atomic E-state index is 4.60. The molecule has 2 aromatic carbocycles. The normalized spacial score (nSPS) is 10.5. The summed E-state index contributed by atoms with van der Waals surface area (Å²) >= 11 is 4.60. The van der Waals surface area contributed by atoms with Crippen LogP contribution in [0.1, 0.15) is 16.7 Å². The van der Waals surface area contributed by atoms with Gasteiger partial charge >= 0.3 is 0 Å². The average Bonchev–Trinajstić information content (AvgIpc) is 2.27. The Kier molecular flexibility index (Phi) is 3.06. The van der Waals surface area contributed by atoms with Gasteiger partial charge in [0.15, 0.2) is 0 Å². The van der Waals surface area contributed by atoms with Crippen molar-refractivity contribution in [1.29, 1.82) is 0 Å². The van der Waals surface area contributed by atoms with E-state index in [0.29, 0.717) is 0 Å². The van der Waals surface area contributed by atoms with Crippen molar-refractivity contribution < 1.29 is 0 Å². The van der Waals surface area contributed by atoms with Crippen LogP contribution in [0.3, 0.4) is 0 Å². The van der Waals surface area contributed by atoms with Crippen molar-refractivity contribution in [3.05, 3.63) is 53.1 Å². The predicted molar refractivity (Wildman–Crippen MR) is 73.3 cm³/mol. The van der Waals surface area contributed by atoms with Crippen molar-refractivity contribution >= 4 is 12.6 Å². The summed E-state index contributed by atoms with van der Waals surface area (Å²) in [6, 6.07) is 12.7. The molecule has 0 aromatic heterocycles. The fourth-order valence-corrected chi connectivity index (χ4v) is 2.19. The molecule has 0 N–H and O–H groups in total. The molecule has 0 amide bonds. The highest BCUT2D eigenvalue weighted by Gasteiger charge is 2.07. The van der Waals surface area contributed by atoms with E-state index in [4.69, 9.17) is 0 Å². The van der Waals surface area contributed by atoms with E-state index in [1.54, 1.807) is 0 Å². The van der Waals surface area contributed by atoms with Gasteiger partial charge in [0.05, 0.1) is 0 Å². The van der Waals surface area contributed by atoms with Crippen LogP contribution in [0.2, 0.25) is 0 Å². The largest absolute Gasteiger partial charge is 0.143 e. The van der Waals surface area contributed by atoms with Crippen LogP contribution in [0, 0.1) is 20.8 Å². The minimum atomic E-state index is 1.08. The summed E-state index contributed by atoms with van der Waals surface area (Å²) < 4.78 is 0. The molecule has 0 saturated heterocycles. The van der Waals surface area contributed by atoms with Gasteiger partial charge in [0.2, 0.25) is 0 Å². The minimum absolute atomic E-state index is 1.08. The lowest BCUT2D eigenvalue weighted by Crippen LogP contribution is -1.89. The highest BCUT2D eigenvalue weighted by Crippen LogP contribution is 2.32. The third kappa shape index (κ3) is 1.88. The third-order valence-electron chi connectivity index (χ3n) is 3.13. The number of benzene rings is 2. The second-order valence-corrected chi connectivity index (χ2v) is 4.67. The molecule has 1 heteroatoms. The van der Waals surface area contributed by atoms with Crippen LogP contribution in [0.25, 0.3) is 11.1 Å². The van der Waals surface area contributed by atoms with Crippen LogP contribution >= 0.6 is 12.6 Å². The molecular weight excluding hydrogens is 212 g/mol. The first-order valence-corrected chi connectivity index (χ1v) is 5.91. The molecule has 0 aliphatic heterocycles. The second kappa shape index (κ2) is 4.34. The predicted octanol–water partition coefficient (Wildman–Crippen LogP) is 4.57. The molecular formula is C15H16S. The maximum Gasteiger partial charge on any atom is 0.0148 e. The Hall–Kier alpha value is -1.21. The molecule has 2 rings (SSSR count). The second-order valence-electron chi connectivity index (χ2n) is 4.22. The Morgan fingerprint density at radius 2 is 1.31 bits per heavy atom. The van der Waals surface area contributed by atoms with Crippen LogP contribution in [0.15, 0.2) is 41.3 Å². The van der Waals surface area contributed by atoms with Gasteiger partial charge < -0.3 is 0 Å². The Labute approximate surface area is 103 Å².